The highest BCUT2D eigenvalue weighted by atomic mass is 16.6. The van der Waals surface area contributed by atoms with Gasteiger partial charge in [0.1, 0.15) is 12.2 Å². The second kappa shape index (κ2) is 10.2. The topological polar surface area (TPSA) is 171 Å². The lowest BCUT2D eigenvalue weighted by atomic mass is 10.0. The second-order valence-electron chi connectivity index (χ2n) is 6.81. The summed E-state index contributed by atoms with van der Waals surface area (Å²) in [5.74, 6) is -5.70. The Balaban J connectivity index is 0.000000337. The minimum absolute atomic E-state index is 0.105. The van der Waals surface area contributed by atoms with E-state index in [1.807, 2.05) is 0 Å². The fraction of sp³-hybridized carbons (Fsp3) is 0.824. The van der Waals surface area contributed by atoms with Crippen molar-refractivity contribution in [2.24, 2.45) is 0 Å². The number of hydrogen-bond acceptors (Lipinski definition) is 9. The van der Waals surface area contributed by atoms with Crippen molar-refractivity contribution in [2.75, 3.05) is 13.2 Å². The van der Waals surface area contributed by atoms with Crippen LogP contribution in [0.1, 0.15) is 51.9 Å². The molecule has 0 saturated carbocycles. The fourth-order valence-electron chi connectivity index (χ4n) is 2.69. The van der Waals surface area contributed by atoms with E-state index < -0.39 is 41.3 Å². The molecule has 156 valence electrons. The molecule has 0 amide bonds. The number of aliphatic hydroxyl groups is 4. The summed E-state index contributed by atoms with van der Waals surface area (Å²) in [7, 11) is 0. The zero-order chi connectivity index (χ0) is 20.7. The third-order valence-corrected chi connectivity index (χ3v) is 4.36. The van der Waals surface area contributed by atoms with E-state index in [2.05, 4.69) is 4.74 Å². The monoisotopic (exact) mass is 392 g/mol. The lowest BCUT2D eigenvalue weighted by Crippen LogP contribution is -2.38. The van der Waals surface area contributed by atoms with E-state index in [4.69, 9.17) is 25.2 Å². The third kappa shape index (κ3) is 7.24. The number of carboxylic acids is 1. The van der Waals surface area contributed by atoms with Gasteiger partial charge in [-0.05, 0) is 19.8 Å². The van der Waals surface area contributed by atoms with Gasteiger partial charge in [-0.25, -0.2) is 0 Å². The molecule has 2 rings (SSSR count). The van der Waals surface area contributed by atoms with Crippen LogP contribution in [0.4, 0.5) is 0 Å². The van der Waals surface area contributed by atoms with E-state index in [1.165, 1.54) is 6.92 Å². The lowest BCUT2D eigenvalue weighted by molar-refractivity contribution is -0.185. The van der Waals surface area contributed by atoms with Crippen molar-refractivity contribution in [1.29, 1.82) is 0 Å². The first-order valence-corrected chi connectivity index (χ1v) is 8.89. The maximum absolute atomic E-state index is 11.4. The molecule has 0 radical (unpaired) electrons. The van der Waals surface area contributed by atoms with Gasteiger partial charge >= 0.3 is 5.97 Å². The number of carbonyl (C=O) groups is 3. The second-order valence-corrected chi connectivity index (χ2v) is 6.81. The molecule has 0 aromatic heterocycles. The smallest absolute Gasteiger partial charge is 0.303 e. The number of ketones is 2. The standard InChI is InChI=1S/C12H20O6.C5H8O4/c13-9-8-18-12(17,11(9)16)7-5-3-1-2-4-6-10(14)15;1-5(8)4(7)3(6)2-9-5/h9,13,17H,1-8H2,(H,14,15);3,6,8H,2H2,1H3/t9-,12-;3-,5-/m00/s1. The van der Waals surface area contributed by atoms with Gasteiger partial charge in [-0.1, -0.05) is 19.3 Å². The van der Waals surface area contributed by atoms with E-state index in [1.54, 1.807) is 0 Å². The van der Waals surface area contributed by atoms with Crippen molar-refractivity contribution in [3.63, 3.8) is 0 Å². The molecule has 0 aromatic rings. The lowest BCUT2D eigenvalue weighted by Gasteiger charge is -2.19. The van der Waals surface area contributed by atoms with Gasteiger partial charge in [-0.2, -0.15) is 0 Å². The van der Waals surface area contributed by atoms with E-state index in [9.17, 15) is 19.5 Å². The Hall–Kier alpha value is -1.43. The highest BCUT2D eigenvalue weighted by molar-refractivity contribution is 5.91. The number of hydrogen-bond donors (Lipinski definition) is 5. The molecule has 5 N–H and O–H groups in total. The Morgan fingerprint density at radius 3 is 1.89 bits per heavy atom. The van der Waals surface area contributed by atoms with Crippen LogP contribution < -0.4 is 0 Å². The Labute approximate surface area is 156 Å². The summed E-state index contributed by atoms with van der Waals surface area (Å²) in [6.07, 6.45) is 1.73. The van der Waals surface area contributed by atoms with E-state index in [0.717, 1.165) is 19.3 Å². The maximum atomic E-state index is 11.4. The molecular formula is C17H28O10. The molecule has 0 unspecified atom stereocenters. The summed E-state index contributed by atoms with van der Waals surface area (Å²) in [5.41, 5.74) is 0. The fourth-order valence-corrected chi connectivity index (χ4v) is 2.69. The van der Waals surface area contributed by atoms with Crippen LogP contribution >= 0.6 is 0 Å². The predicted molar refractivity (Wildman–Crippen MR) is 89.5 cm³/mol. The van der Waals surface area contributed by atoms with Crippen molar-refractivity contribution in [3.8, 4) is 0 Å². The molecule has 4 atom stereocenters. The molecule has 2 fully saturated rings. The molecule has 2 aliphatic rings. The summed E-state index contributed by atoms with van der Waals surface area (Å²) in [6.45, 7) is 0.964. The molecule has 0 aromatic carbocycles. The first kappa shape index (κ1) is 23.6. The molecule has 2 heterocycles. The van der Waals surface area contributed by atoms with Crippen LogP contribution in [0.25, 0.3) is 0 Å². The van der Waals surface area contributed by atoms with E-state index in [0.29, 0.717) is 12.8 Å². The van der Waals surface area contributed by atoms with Gasteiger partial charge in [0.15, 0.2) is 0 Å². The molecule has 27 heavy (non-hydrogen) atoms. The van der Waals surface area contributed by atoms with Crippen molar-refractivity contribution < 1.29 is 49.4 Å². The van der Waals surface area contributed by atoms with Gasteiger partial charge in [0, 0.05) is 12.8 Å². The largest absolute Gasteiger partial charge is 0.481 e. The Morgan fingerprint density at radius 1 is 0.963 bits per heavy atom. The number of Topliss-reactive ketones (excluding diaryl/α,β-unsaturated/α-hetero) is 2. The first-order chi connectivity index (χ1) is 12.5. The van der Waals surface area contributed by atoms with Crippen molar-refractivity contribution in [1.82, 2.24) is 0 Å². The number of carbonyl (C=O) groups excluding carboxylic acids is 2. The van der Waals surface area contributed by atoms with Crippen LogP contribution in [0.3, 0.4) is 0 Å². The molecule has 2 saturated heterocycles. The van der Waals surface area contributed by atoms with Crippen molar-refractivity contribution in [3.05, 3.63) is 0 Å². The molecule has 2 aliphatic heterocycles. The van der Waals surface area contributed by atoms with Crippen molar-refractivity contribution in [2.45, 2.75) is 75.7 Å². The summed E-state index contributed by atoms with van der Waals surface area (Å²) in [6, 6.07) is 0. The zero-order valence-electron chi connectivity index (χ0n) is 15.3. The molecule has 0 bridgehead atoms. The third-order valence-electron chi connectivity index (χ3n) is 4.36. The van der Waals surface area contributed by atoms with Gasteiger partial charge in [0.05, 0.1) is 13.2 Å². The van der Waals surface area contributed by atoms with Crippen LogP contribution in [-0.2, 0) is 23.9 Å². The summed E-state index contributed by atoms with van der Waals surface area (Å²) >= 11 is 0. The number of rotatable bonds is 8. The quantitative estimate of drug-likeness (QED) is 0.326. The van der Waals surface area contributed by atoms with E-state index in [-0.39, 0.29) is 26.1 Å². The molecular weight excluding hydrogens is 364 g/mol. The molecule has 10 heteroatoms. The van der Waals surface area contributed by atoms with Crippen molar-refractivity contribution >= 4 is 17.5 Å². The van der Waals surface area contributed by atoms with Crippen LogP contribution in [0.5, 0.6) is 0 Å². The minimum Gasteiger partial charge on any atom is -0.481 e. The van der Waals surface area contributed by atoms with Gasteiger partial charge in [-0.3, -0.25) is 14.4 Å². The van der Waals surface area contributed by atoms with Gasteiger partial charge < -0.3 is 35.0 Å². The molecule has 0 aliphatic carbocycles. The number of aliphatic carboxylic acids is 1. The van der Waals surface area contributed by atoms with Gasteiger partial charge in [0.2, 0.25) is 23.1 Å². The number of unbranched alkanes of at least 4 members (excludes halogenated alkanes) is 4. The first-order valence-electron chi connectivity index (χ1n) is 8.89. The average Bonchev–Trinajstić information content (AvgIpc) is 2.99. The predicted octanol–water partition coefficient (Wildman–Crippen LogP) is -0.894. The summed E-state index contributed by atoms with van der Waals surface area (Å²) in [5, 5.41) is 45.0. The van der Waals surface area contributed by atoms with Crippen LogP contribution in [0.2, 0.25) is 0 Å². The average molecular weight is 392 g/mol. The van der Waals surface area contributed by atoms with Gasteiger partial charge in [0.25, 0.3) is 0 Å². The summed E-state index contributed by atoms with van der Waals surface area (Å²) in [4.78, 5) is 32.2. The van der Waals surface area contributed by atoms with Crippen LogP contribution in [-0.4, -0.2) is 80.1 Å². The Bertz CT molecular complexity index is 532. The number of ether oxygens (including phenoxy) is 2. The Kier molecular flexibility index (Phi) is 8.92. The molecule has 0 spiro atoms. The van der Waals surface area contributed by atoms with E-state index >= 15 is 0 Å². The SMILES string of the molecule is C[C@]1(O)OC[C@H](O)C1=O.O=C(O)CCCCCCC[C@]1(O)OC[C@H](O)C1=O. The molecule has 10 nitrogen and oxygen atoms in total. The highest BCUT2D eigenvalue weighted by Gasteiger charge is 2.46. The summed E-state index contributed by atoms with van der Waals surface area (Å²) < 4.78 is 9.42. The highest BCUT2D eigenvalue weighted by Crippen LogP contribution is 2.25. The van der Waals surface area contributed by atoms with Gasteiger partial charge in [-0.15, -0.1) is 0 Å². The van der Waals surface area contributed by atoms with Crippen LogP contribution in [0.15, 0.2) is 0 Å². The normalized spacial score (nSPS) is 33.1. The van der Waals surface area contributed by atoms with Crippen LogP contribution in [0, 0.1) is 0 Å². The minimum atomic E-state index is -1.82. The number of aliphatic hydroxyl groups excluding tert-OH is 2. The number of carboxylic acid groups (broad SMARTS) is 1. The Morgan fingerprint density at radius 2 is 1.48 bits per heavy atom. The maximum Gasteiger partial charge on any atom is 0.303 e. The zero-order valence-corrected chi connectivity index (χ0v) is 15.3.